The minimum absolute atomic E-state index is 0.617. The van der Waals surface area contributed by atoms with E-state index >= 15 is 0 Å². The summed E-state index contributed by atoms with van der Waals surface area (Å²) in [6.45, 7) is 2.05. The lowest BCUT2D eigenvalue weighted by Gasteiger charge is -2.21. The van der Waals surface area contributed by atoms with Crippen LogP contribution in [0.3, 0.4) is 0 Å². The molecule has 2 aromatic heterocycles. The van der Waals surface area contributed by atoms with Crippen molar-refractivity contribution in [2.24, 2.45) is 0 Å². The van der Waals surface area contributed by atoms with Gasteiger partial charge in [0.15, 0.2) is 0 Å². The van der Waals surface area contributed by atoms with Gasteiger partial charge in [-0.05, 0) is 30.7 Å². The highest BCUT2D eigenvalue weighted by molar-refractivity contribution is 7.11. The molecule has 1 aliphatic carbocycles. The number of aromatic nitrogens is 3. The van der Waals surface area contributed by atoms with Gasteiger partial charge in [-0.15, -0.1) is 11.3 Å². The number of nitrogens with one attached hydrogen (secondary N) is 1. The van der Waals surface area contributed by atoms with Gasteiger partial charge in [-0.1, -0.05) is 30.3 Å². The SMILES string of the molecule is c1ccc(C2CCc3nc(CNc4ncc5c(n4)CCOC5)sc3C2)cc1. The average Bonchev–Trinajstić information content (AvgIpc) is 3.15. The maximum atomic E-state index is 5.44. The van der Waals surface area contributed by atoms with Crippen LogP contribution in [0.25, 0.3) is 0 Å². The fourth-order valence-electron chi connectivity index (χ4n) is 3.88. The van der Waals surface area contributed by atoms with Crippen molar-refractivity contribution in [1.29, 1.82) is 0 Å². The molecule has 0 radical (unpaired) electrons. The highest BCUT2D eigenvalue weighted by Gasteiger charge is 2.23. The van der Waals surface area contributed by atoms with Crippen molar-refractivity contribution in [1.82, 2.24) is 15.0 Å². The summed E-state index contributed by atoms with van der Waals surface area (Å²) in [7, 11) is 0. The molecule has 5 rings (SSSR count). The fraction of sp³-hybridized carbons (Fsp3) is 0.381. The Morgan fingerprint density at radius 1 is 1.11 bits per heavy atom. The van der Waals surface area contributed by atoms with Gasteiger partial charge in [0.1, 0.15) is 5.01 Å². The molecule has 0 saturated carbocycles. The van der Waals surface area contributed by atoms with Crippen molar-refractivity contribution in [3.05, 3.63) is 68.9 Å². The van der Waals surface area contributed by atoms with E-state index in [9.17, 15) is 0 Å². The molecule has 27 heavy (non-hydrogen) atoms. The van der Waals surface area contributed by atoms with E-state index < -0.39 is 0 Å². The van der Waals surface area contributed by atoms with Crippen LogP contribution in [-0.2, 0) is 37.2 Å². The average molecular weight is 379 g/mol. The summed E-state index contributed by atoms with van der Waals surface area (Å²) in [4.78, 5) is 15.4. The van der Waals surface area contributed by atoms with Gasteiger partial charge in [0, 0.05) is 23.1 Å². The van der Waals surface area contributed by atoms with Crippen molar-refractivity contribution in [3.63, 3.8) is 0 Å². The molecular weight excluding hydrogens is 356 g/mol. The lowest BCUT2D eigenvalue weighted by atomic mass is 9.85. The minimum atomic E-state index is 0.617. The second-order valence-corrected chi connectivity index (χ2v) is 8.32. The second-order valence-electron chi connectivity index (χ2n) is 7.15. The van der Waals surface area contributed by atoms with E-state index in [0.717, 1.165) is 42.1 Å². The Balaban J connectivity index is 1.26. The molecule has 3 heterocycles. The Bertz CT molecular complexity index is 941. The van der Waals surface area contributed by atoms with E-state index in [1.807, 2.05) is 17.5 Å². The fourth-order valence-corrected chi connectivity index (χ4v) is 5.02. The highest BCUT2D eigenvalue weighted by Crippen LogP contribution is 2.35. The van der Waals surface area contributed by atoms with Crippen molar-refractivity contribution >= 4 is 17.3 Å². The first-order valence-electron chi connectivity index (χ1n) is 9.54. The summed E-state index contributed by atoms with van der Waals surface area (Å²) in [5.41, 5.74) is 4.93. The maximum absolute atomic E-state index is 5.44. The van der Waals surface area contributed by atoms with E-state index in [2.05, 4.69) is 45.6 Å². The Morgan fingerprint density at radius 2 is 2.04 bits per heavy atom. The highest BCUT2D eigenvalue weighted by atomic mass is 32.1. The molecule has 2 aliphatic rings. The number of nitrogens with zero attached hydrogens (tertiary/aromatic N) is 3. The number of hydrogen-bond donors (Lipinski definition) is 1. The third-order valence-electron chi connectivity index (χ3n) is 5.35. The minimum Gasteiger partial charge on any atom is -0.376 e. The van der Waals surface area contributed by atoms with E-state index in [-0.39, 0.29) is 0 Å². The zero-order valence-corrected chi connectivity index (χ0v) is 16.0. The van der Waals surface area contributed by atoms with Crippen LogP contribution in [0.2, 0.25) is 0 Å². The van der Waals surface area contributed by atoms with Crippen LogP contribution in [0.1, 0.15) is 44.7 Å². The standard InChI is InChI=1S/C21H22N4OS/c1-2-4-14(5-3-1)15-6-7-18-19(10-15)27-20(24-18)12-23-21-22-11-16-13-26-9-8-17(16)25-21/h1-5,11,15H,6-10,12-13H2,(H,22,23,25). The van der Waals surface area contributed by atoms with Crippen molar-refractivity contribution in [2.45, 2.75) is 44.8 Å². The summed E-state index contributed by atoms with van der Waals surface area (Å²) < 4.78 is 5.44. The molecule has 5 nitrogen and oxygen atoms in total. The molecule has 0 amide bonds. The number of anilines is 1. The van der Waals surface area contributed by atoms with Crippen LogP contribution < -0.4 is 5.32 Å². The first kappa shape index (κ1) is 16.8. The van der Waals surface area contributed by atoms with E-state index in [1.54, 1.807) is 0 Å². The summed E-state index contributed by atoms with van der Waals surface area (Å²) in [6, 6.07) is 10.9. The van der Waals surface area contributed by atoms with Crippen LogP contribution in [0, 0.1) is 0 Å². The number of rotatable bonds is 4. The second kappa shape index (κ2) is 7.37. The maximum Gasteiger partial charge on any atom is 0.223 e. The number of fused-ring (bicyclic) bond motifs is 2. The number of thiazole rings is 1. The summed E-state index contributed by atoms with van der Waals surface area (Å²) in [5, 5.41) is 4.47. The number of aryl methyl sites for hydroxylation is 1. The van der Waals surface area contributed by atoms with Crippen molar-refractivity contribution < 1.29 is 4.74 Å². The molecule has 1 atom stereocenters. The molecule has 0 spiro atoms. The predicted molar refractivity (Wildman–Crippen MR) is 106 cm³/mol. The molecule has 138 valence electrons. The van der Waals surface area contributed by atoms with Gasteiger partial charge in [0.05, 0.1) is 31.1 Å². The molecule has 6 heteroatoms. The van der Waals surface area contributed by atoms with Crippen LogP contribution in [0.5, 0.6) is 0 Å². The monoisotopic (exact) mass is 378 g/mol. The van der Waals surface area contributed by atoms with Gasteiger partial charge in [-0.25, -0.2) is 15.0 Å². The topological polar surface area (TPSA) is 59.9 Å². The van der Waals surface area contributed by atoms with Gasteiger partial charge in [0.2, 0.25) is 5.95 Å². The first-order chi connectivity index (χ1) is 13.3. The van der Waals surface area contributed by atoms with E-state index in [1.165, 1.54) is 22.6 Å². The first-order valence-corrected chi connectivity index (χ1v) is 10.4. The Morgan fingerprint density at radius 3 is 2.96 bits per heavy atom. The molecule has 1 aromatic carbocycles. The Kier molecular flexibility index (Phi) is 4.59. The third kappa shape index (κ3) is 3.59. The molecule has 1 unspecified atom stereocenters. The quantitative estimate of drug-likeness (QED) is 0.746. The molecule has 1 aliphatic heterocycles. The molecule has 0 fully saturated rings. The van der Waals surface area contributed by atoms with Gasteiger partial charge in [0.25, 0.3) is 0 Å². The molecular formula is C21H22N4OS. The lowest BCUT2D eigenvalue weighted by molar-refractivity contribution is 0.109. The van der Waals surface area contributed by atoms with Crippen LogP contribution in [-0.4, -0.2) is 21.6 Å². The summed E-state index contributed by atoms with van der Waals surface area (Å²) in [6.07, 6.45) is 6.09. The van der Waals surface area contributed by atoms with Crippen molar-refractivity contribution in [2.75, 3.05) is 11.9 Å². The normalized spacial score (nSPS) is 18.6. The lowest BCUT2D eigenvalue weighted by Crippen LogP contribution is -2.14. The zero-order chi connectivity index (χ0) is 18.1. The largest absolute Gasteiger partial charge is 0.376 e. The van der Waals surface area contributed by atoms with E-state index in [0.29, 0.717) is 25.0 Å². The molecule has 0 bridgehead atoms. The van der Waals surface area contributed by atoms with Crippen LogP contribution in [0.4, 0.5) is 5.95 Å². The van der Waals surface area contributed by atoms with E-state index in [4.69, 9.17) is 9.72 Å². The summed E-state index contributed by atoms with van der Waals surface area (Å²) >= 11 is 1.83. The Hall–Kier alpha value is -2.31. The van der Waals surface area contributed by atoms with Gasteiger partial charge < -0.3 is 10.1 Å². The number of benzene rings is 1. The molecule has 1 N–H and O–H groups in total. The molecule has 3 aromatic rings. The van der Waals surface area contributed by atoms with Crippen molar-refractivity contribution in [3.8, 4) is 0 Å². The van der Waals surface area contributed by atoms with Gasteiger partial charge in [-0.3, -0.25) is 0 Å². The smallest absolute Gasteiger partial charge is 0.223 e. The predicted octanol–water partition coefficient (Wildman–Crippen LogP) is 3.89. The Labute approximate surface area is 162 Å². The zero-order valence-electron chi connectivity index (χ0n) is 15.1. The van der Waals surface area contributed by atoms with Crippen LogP contribution in [0.15, 0.2) is 36.5 Å². The van der Waals surface area contributed by atoms with Crippen LogP contribution >= 0.6 is 11.3 Å². The molecule has 0 saturated heterocycles. The van der Waals surface area contributed by atoms with Gasteiger partial charge in [-0.2, -0.15) is 0 Å². The third-order valence-corrected chi connectivity index (χ3v) is 6.47. The van der Waals surface area contributed by atoms with Gasteiger partial charge >= 0.3 is 0 Å². The number of hydrogen-bond acceptors (Lipinski definition) is 6. The summed E-state index contributed by atoms with van der Waals surface area (Å²) in [5.74, 6) is 1.30. The number of ether oxygens (including phenoxy) is 1.